The summed E-state index contributed by atoms with van der Waals surface area (Å²) >= 11 is 2.12. The number of halogens is 1. The molecule has 14 heavy (non-hydrogen) atoms. The molecular weight excluding hydrogens is 293 g/mol. The SMILES string of the molecule is O=C(NC#CCI)OC1CCCCC1. The summed E-state index contributed by atoms with van der Waals surface area (Å²) in [6.07, 6.45) is 5.27. The van der Waals surface area contributed by atoms with Crippen molar-refractivity contribution in [2.75, 3.05) is 4.43 Å². The Bertz CT molecular complexity index is 238. The predicted octanol–water partition coefficient (Wildman–Crippen LogP) is 2.44. The van der Waals surface area contributed by atoms with Gasteiger partial charge in [-0.15, -0.1) is 0 Å². The summed E-state index contributed by atoms with van der Waals surface area (Å²) in [7, 11) is 0. The third-order valence-electron chi connectivity index (χ3n) is 2.15. The molecule has 4 heteroatoms. The van der Waals surface area contributed by atoms with Gasteiger partial charge in [-0.3, -0.25) is 0 Å². The first-order chi connectivity index (χ1) is 6.83. The number of alkyl carbamates (subject to hydrolysis) is 1. The van der Waals surface area contributed by atoms with Crippen LogP contribution in [-0.2, 0) is 4.74 Å². The molecule has 0 aromatic rings. The van der Waals surface area contributed by atoms with Gasteiger partial charge in [-0.2, -0.15) is 0 Å². The molecule has 1 amide bonds. The van der Waals surface area contributed by atoms with E-state index >= 15 is 0 Å². The highest BCUT2D eigenvalue weighted by Gasteiger charge is 2.16. The van der Waals surface area contributed by atoms with E-state index in [0.717, 1.165) is 25.7 Å². The average Bonchev–Trinajstić information content (AvgIpc) is 2.20. The summed E-state index contributed by atoms with van der Waals surface area (Å²) in [6, 6.07) is 2.54. The maximum absolute atomic E-state index is 11.1. The standard InChI is InChI=1S/C10H14INO2/c11-7-4-8-12-10(13)14-9-5-2-1-3-6-9/h9H,1-3,5-7H2,(H,12,13). The van der Waals surface area contributed by atoms with Crippen LogP contribution in [0.4, 0.5) is 4.79 Å². The van der Waals surface area contributed by atoms with Crippen molar-refractivity contribution in [3.05, 3.63) is 0 Å². The molecule has 1 saturated carbocycles. The molecule has 0 radical (unpaired) electrons. The number of amides is 1. The van der Waals surface area contributed by atoms with Crippen molar-refractivity contribution in [3.8, 4) is 12.0 Å². The first-order valence-corrected chi connectivity index (χ1v) is 6.36. The van der Waals surface area contributed by atoms with Gasteiger partial charge in [0.05, 0.1) is 4.43 Å². The van der Waals surface area contributed by atoms with Crippen molar-refractivity contribution < 1.29 is 9.53 Å². The lowest BCUT2D eigenvalue weighted by Crippen LogP contribution is -2.27. The number of carbonyl (C=O) groups excluding carboxylic acids is 1. The van der Waals surface area contributed by atoms with Crippen molar-refractivity contribution in [3.63, 3.8) is 0 Å². The normalized spacial score (nSPS) is 16.6. The van der Waals surface area contributed by atoms with Gasteiger partial charge in [0, 0.05) is 6.04 Å². The second-order valence-corrected chi connectivity index (χ2v) is 3.99. The molecule has 0 aromatic carbocycles. The molecule has 0 saturated heterocycles. The van der Waals surface area contributed by atoms with Crippen LogP contribution < -0.4 is 5.32 Å². The minimum Gasteiger partial charge on any atom is -0.446 e. The molecule has 0 spiro atoms. The Morgan fingerprint density at radius 1 is 1.43 bits per heavy atom. The predicted molar refractivity (Wildman–Crippen MR) is 63.2 cm³/mol. The van der Waals surface area contributed by atoms with Crippen LogP contribution in [0.2, 0.25) is 0 Å². The number of carbonyl (C=O) groups is 1. The van der Waals surface area contributed by atoms with Gasteiger partial charge in [0.15, 0.2) is 0 Å². The zero-order valence-electron chi connectivity index (χ0n) is 8.01. The lowest BCUT2D eigenvalue weighted by Gasteiger charge is -2.20. The smallest absolute Gasteiger partial charge is 0.419 e. The molecule has 1 aliphatic rings. The monoisotopic (exact) mass is 307 g/mol. The van der Waals surface area contributed by atoms with Crippen LogP contribution in [0.1, 0.15) is 32.1 Å². The Balaban J connectivity index is 2.18. The Morgan fingerprint density at radius 3 is 2.79 bits per heavy atom. The number of hydrogen-bond donors (Lipinski definition) is 1. The zero-order valence-corrected chi connectivity index (χ0v) is 10.2. The Morgan fingerprint density at radius 2 is 2.14 bits per heavy atom. The van der Waals surface area contributed by atoms with Crippen LogP contribution in [0, 0.1) is 12.0 Å². The van der Waals surface area contributed by atoms with E-state index in [0.29, 0.717) is 4.43 Å². The van der Waals surface area contributed by atoms with E-state index < -0.39 is 6.09 Å². The van der Waals surface area contributed by atoms with Crippen LogP contribution in [0.3, 0.4) is 0 Å². The van der Waals surface area contributed by atoms with Crippen LogP contribution in [0.15, 0.2) is 0 Å². The summed E-state index contributed by atoms with van der Waals surface area (Å²) in [4.78, 5) is 11.1. The van der Waals surface area contributed by atoms with E-state index in [1.54, 1.807) is 0 Å². The summed E-state index contributed by atoms with van der Waals surface area (Å²) in [5.74, 6) is 2.74. The van der Waals surface area contributed by atoms with E-state index in [9.17, 15) is 4.79 Å². The quantitative estimate of drug-likeness (QED) is 0.350. The maximum atomic E-state index is 11.1. The molecule has 1 N–H and O–H groups in total. The largest absolute Gasteiger partial charge is 0.446 e. The Hall–Kier alpha value is -0.440. The summed E-state index contributed by atoms with van der Waals surface area (Å²) < 4.78 is 5.89. The zero-order chi connectivity index (χ0) is 10.2. The van der Waals surface area contributed by atoms with Crippen molar-refractivity contribution in [1.29, 1.82) is 0 Å². The fourth-order valence-corrected chi connectivity index (χ4v) is 1.68. The Labute approximate surface area is 98.1 Å². The summed E-state index contributed by atoms with van der Waals surface area (Å²) in [5.41, 5.74) is 0. The van der Waals surface area contributed by atoms with E-state index in [1.165, 1.54) is 6.42 Å². The first-order valence-electron chi connectivity index (χ1n) is 4.83. The highest BCUT2D eigenvalue weighted by Crippen LogP contribution is 2.20. The van der Waals surface area contributed by atoms with E-state index in [-0.39, 0.29) is 6.10 Å². The lowest BCUT2D eigenvalue weighted by atomic mass is 9.98. The molecule has 1 rings (SSSR count). The molecule has 78 valence electrons. The molecule has 0 bridgehead atoms. The van der Waals surface area contributed by atoms with Crippen molar-refractivity contribution in [2.45, 2.75) is 38.2 Å². The molecule has 1 aliphatic carbocycles. The first kappa shape index (κ1) is 11.6. The van der Waals surface area contributed by atoms with E-state index in [4.69, 9.17) is 4.74 Å². The van der Waals surface area contributed by atoms with Gasteiger partial charge in [-0.25, -0.2) is 10.1 Å². The van der Waals surface area contributed by atoms with Crippen LogP contribution >= 0.6 is 22.6 Å². The number of ether oxygens (including phenoxy) is 1. The van der Waals surface area contributed by atoms with Gasteiger partial charge in [0.25, 0.3) is 0 Å². The topological polar surface area (TPSA) is 38.3 Å². The lowest BCUT2D eigenvalue weighted by molar-refractivity contribution is 0.0785. The van der Waals surface area contributed by atoms with Gasteiger partial charge in [-0.05, 0) is 25.7 Å². The molecule has 0 aliphatic heterocycles. The molecule has 3 nitrogen and oxygen atoms in total. The molecule has 0 atom stereocenters. The number of nitrogens with one attached hydrogen (secondary N) is 1. The molecule has 0 heterocycles. The third-order valence-corrected chi connectivity index (χ3v) is 2.53. The van der Waals surface area contributed by atoms with Crippen LogP contribution in [-0.4, -0.2) is 16.6 Å². The van der Waals surface area contributed by atoms with E-state index in [2.05, 4.69) is 39.9 Å². The summed E-state index contributed by atoms with van der Waals surface area (Å²) in [6.45, 7) is 0. The highest BCUT2D eigenvalue weighted by atomic mass is 127. The van der Waals surface area contributed by atoms with Crippen molar-refractivity contribution in [2.24, 2.45) is 0 Å². The van der Waals surface area contributed by atoms with Gasteiger partial charge in [-0.1, -0.05) is 34.9 Å². The summed E-state index contributed by atoms with van der Waals surface area (Å²) in [5, 5.41) is 2.40. The molecule has 0 aromatic heterocycles. The number of rotatable bonds is 1. The third kappa shape index (κ3) is 4.70. The fraction of sp³-hybridized carbons (Fsp3) is 0.700. The minimum atomic E-state index is -0.408. The van der Waals surface area contributed by atoms with Crippen molar-refractivity contribution >= 4 is 28.7 Å². The minimum absolute atomic E-state index is 0.102. The molecule has 1 fully saturated rings. The Kier molecular flexibility index (Phi) is 5.76. The highest BCUT2D eigenvalue weighted by molar-refractivity contribution is 14.1. The molecule has 0 unspecified atom stereocenters. The number of hydrogen-bond acceptors (Lipinski definition) is 2. The molecular formula is C10H14INO2. The van der Waals surface area contributed by atoms with Crippen LogP contribution in [0.5, 0.6) is 0 Å². The maximum Gasteiger partial charge on any atom is 0.419 e. The van der Waals surface area contributed by atoms with Crippen molar-refractivity contribution in [1.82, 2.24) is 5.32 Å². The van der Waals surface area contributed by atoms with Gasteiger partial charge < -0.3 is 4.74 Å². The van der Waals surface area contributed by atoms with Crippen LogP contribution in [0.25, 0.3) is 0 Å². The van der Waals surface area contributed by atoms with E-state index in [1.807, 2.05) is 0 Å². The van der Waals surface area contributed by atoms with Gasteiger partial charge in [0.2, 0.25) is 0 Å². The second-order valence-electron chi connectivity index (χ2n) is 3.23. The number of alkyl halides is 1. The fourth-order valence-electron chi connectivity index (χ4n) is 1.49. The average molecular weight is 307 g/mol. The second kappa shape index (κ2) is 6.93. The van der Waals surface area contributed by atoms with Gasteiger partial charge >= 0.3 is 6.09 Å². The van der Waals surface area contributed by atoms with Gasteiger partial charge in [0.1, 0.15) is 6.10 Å².